The molecule has 0 fully saturated rings. The molecular weight excluding hydrogens is 394 g/mol. The lowest BCUT2D eigenvalue weighted by atomic mass is 10.2. The molecule has 0 radical (unpaired) electrons. The van der Waals surface area contributed by atoms with Crippen LogP contribution in [0, 0.1) is 6.92 Å². The summed E-state index contributed by atoms with van der Waals surface area (Å²) in [6, 6.07) is 8.31. The molecule has 7 nitrogen and oxygen atoms in total. The minimum atomic E-state index is -0.623. The lowest BCUT2D eigenvalue weighted by Gasteiger charge is -2.11. The van der Waals surface area contributed by atoms with E-state index in [0.717, 1.165) is 10.1 Å². The number of thioether (sulfide) groups is 1. The van der Waals surface area contributed by atoms with Gasteiger partial charge < -0.3 is 0 Å². The SMILES string of the molecule is CCSc1nnc(NC(=O)c2nn(-c3ccc(Cl)cc3)c(C)cc2=O)s1. The average molecular weight is 408 g/mol. The number of anilines is 1. The third kappa shape index (κ3) is 4.12. The van der Waals surface area contributed by atoms with Gasteiger partial charge in [0.25, 0.3) is 5.91 Å². The molecule has 3 aromatic rings. The summed E-state index contributed by atoms with van der Waals surface area (Å²) in [4.78, 5) is 24.7. The van der Waals surface area contributed by atoms with Crippen molar-refractivity contribution in [3.05, 3.63) is 57.0 Å². The van der Waals surface area contributed by atoms with Gasteiger partial charge in [-0.25, -0.2) is 4.68 Å². The second-order valence-electron chi connectivity index (χ2n) is 5.15. The Bertz CT molecular complexity index is 1000. The van der Waals surface area contributed by atoms with Crippen molar-refractivity contribution in [1.82, 2.24) is 20.0 Å². The summed E-state index contributed by atoms with van der Waals surface area (Å²) < 4.78 is 2.27. The molecule has 0 aliphatic carbocycles. The number of benzene rings is 1. The maximum atomic E-state index is 12.5. The number of nitrogens with zero attached hydrogens (tertiary/aromatic N) is 4. The molecule has 0 atom stereocenters. The van der Waals surface area contributed by atoms with Gasteiger partial charge in [0.15, 0.2) is 10.0 Å². The van der Waals surface area contributed by atoms with Gasteiger partial charge in [0, 0.05) is 16.8 Å². The molecule has 0 unspecified atom stereocenters. The lowest BCUT2D eigenvalue weighted by Crippen LogP contribution is -2.26. The van der Waals surface area contributed by atoms with E-state index < -0.39 is 11.3 Å². The van der Waals surface area contributed by atoms with Crippen molar-refractivity contribution in [2.75, 3.05) is 11.1 Å². The van der Waals surface area contributed by atoms with Crippen molar-refractivity contribution in [2.24, 2.45) is 0 Å². The Labute approximate surface area is 162 Å². The Hall–Kier alpha value is -2.23. The van der Waals surface area contributed by atoms with Crippen molar-refractivity contribution in [3.63, 3.8) is 0 Å². The average Bonchev–Trinajstić information content (AvgIpc) is 3.03. The smallest absolute Gasteiger partial charge is 0.282 e. The third-order valence-corrected chi connectivity index (χ3v) is 5.39. The maximum Gasteiger partial charge on any atom is 0.282 e. The molecule has 26 heavy (non-hydrogen) atoms. The van der Waals surface area contributed by atoms with Gasteiger partial charge in [0.2, 0.25) is 10.6 Å². The molecule has 0 spiro atoms. The van der Waals surface area contributed by atoms with E-state index in [1.54, 1.807) is 31.2 Å². The summed E-state index contributed by atoms with van der Waals surface area (Å²) in [6.45, 7) is 3.74. The van der Waals surface area contributed by atoms with E-state index in [1.165, 1.54) is 33.8 Å². The van der Waals surface area contributed by atoms with Gasteiger partial charge in [-0.2, -0.15) is 5.10 Å². The van der Waals surface area contributed by atoms with Crippen LogP contribution in [0.15, 0.2) is 39.5 Å². The summed E-state index contributed by atoms with van der Waals surface area (Å²) >= 11 is 8.68. The third-order valence-electron chi connectivity index (χ3n) is 3.29. The highest BCUT2D eigenvalue weighted by atomic mass is 35.5. The predicted molar refractivity (Wildman–Crippen MR) is 104 cm³/mol. The zero-order valence-electron chi connectivity index (χ0n) is 13.9. The van der Waals surface area contributed by atoms with Crippen LogP contribution in [0.4, 0.5) is 5.13 Å². The van der Waals surface area contributed by atoms with Crippen LogP contribution in [-0.4, -0.2) is 31.6 Å². The normalized spacial score (nSPS) is 10.7. The molecule has 2 aromatic heterocycles. The first-order valence-corrected chi connectivity index (χ1v) is 9.80. The van der Waals surface area contributed by atoms with Crippen LogP contribution < -0.4 is 10.7 Å². The molecule has 0 saturated heterocycles. The predicted octanol–water partition coefficient (Wildman–Crippen LogP) is 3.41. The zero-order chi connectivity index (χ0) is 18.7. The van der Waals surface area contributed by atoms with Crippen LogP contribution in [0.2, 0.25) is 5.02 Å². The van der Waals surface area contributed by atoms with E-state index in [0.29, 0.717) is 21.5 Å². The van der Waals surface area contributed by atoms with Crippen molar-refractivity contribution >= 4 is 45.7 Å². The number of nitrogens with one attached hydrogen (secondary N) is 1. The number of rotatable bonds is 5. The first kappa shape index (κ1) is 18.6. The molecule has 0 aliphatic heterocycles. The second-order valence-corrected chi connectivity index (χ2v) is 8.07. The van der Waals surface area contributed by atoms with E-state index in [-0.39, 0.29) is 5.69 Å². The van der Waals surface area contributed by atoms with Crippen LogP contribution in [0.25, 0.3) is 5.69 Å². The quantitative estimate of drug-likeness (QED) is 0.515. The monoisotopic (exact) mass is 407 g/mol. The topological polar surface area (TPSA) is 89.8 Å². The Kier molecular flexibility index (Phi) is 5.70. The van der Waals surface area contributed by atoms with Crippen molar-refractivity contribution < 1.29 is 4.79 Å². The van der Waals surface area contributed by atoms with E-state index in [1.807, 2.05) is 6.92 Å². The first-order valence-electron chi connectivity index (χ1n) is 7.62. The van der Waals surface area contributed by atoms with Gasteiger partial charge in [0.1, 0.15) is 0 Å². The highest BCUT2D eigenvalue weighted by Crippen LogP contribution is 2.25. The molecule has 1 aromatic carbocycles. The number of aryl methyl sites for hydroxylation is 1. The summed E-state index contributed by atoms with van der Waals surface area (Å²) in [7, 11) is 0. The van der Waals surface area contributed by atoms with Crippen LogP contribution in [0.3, 0.4) is 0 Å². The van der Waals surface area contributed by atoms with Crippen molar-refractivity contribution in [1.29, 1.82) is 0 Å². The van der Waals surface area contributed by atoms with E-state index in [2.05, 4.69) is 20.6 Å². The number of hydrogen-bond acceptors (Lipinski definition) is 7. The number of carbonyl (C=O) groups excluding carboxylic acids is 1. The summed E-state index contributed by atoms with van der Waals surface area (Å²) in [5.41, 5.74) is 0.619. The summed E-state index contributed by atoms with van der Waals surface area (Å²) in [6.07, 6.45) is 0. The molecule has 0 aliphatic rings. The number of amides is 1. The first-order chi connectivity index (χ1) is 12.5. The molecule has 134 valence electrons. The van der Waals surface area contributed by atoms with Gasteiger partial charge in [-0.3, -0.25) is 14.9 Å². The van der Waals surface area contributed by atoms with Crippen molar-refractivity contribution in [3.8, 4) is 5.69 Å². The number of carbonyl (C=O) groups is 1. The molecule has 10 heteroatoms. The molecular formula is C16H14ClN5O2S2. The van der Waals surface area contributed by atoms with Gasteiger partial charge in [-0.05, 0) is 36.9 Å². The Morgan fingerprint density at radius 1 is 1.31 bits per heavy atom. The van der Waals surface area contributed by atoms with E-state index in [4.69, 9.17) is 11.6 Å². The Balaban J connectivity index is 1.91. The molecule has 2 heterocycles. The molecule has 1 N–H and O–H groups in total. The highest BCUT2D eigenvalue weighted by molar-refractivity contribution is 8.01. The van der Waals surface area contributed by atoms with Crippen LogP contribution in [0.5, 0.6) is 0 Å². The minimum absolute atomic E-state index is 0.217. The zero-order valence-corrected chi connectivity index (χ0v) is 16.3. The van der Waals surface area contributed by atoms with Gasteiger partial charge in [-0.15, -0.1) is 10.2 Å². The van der Waals surface area contributed by atoms with E-state index >= 15 is 0 Å². The summed E-state index contributed by atoms with van der Waals surface area (Å²) in [5, 5.41) is 15.6. The fourth-order valence-electron chi connectivity index (χ4n) is 2.15. The Morgan fingerprint density at radius 2 is 2.04 bits per heavy atom. The van der Waals surface area contributed by atoms with Crippen molar-refractivity contribution in [2.45, 2.75) is 18.2 Å². The van der Waals surface area contributed by atoms with Crippen LogP contribution in [0.1, 0.15) is 23.1 Å². The maximum absolute atomic E-state index is 12.5. The number of aromatic nitrogens is 4. The fourth-order valence-corrected chi connectivity index (χ4v) is 3.92. The number of halogens is 1. The fraction of sp³-hybridized carbons (Fsp3) is 0.188. The molecule has 3 rings (SSSR count). The van der Waals surface area contributed by atoms with Gasteiger partial charge in [0.05, 0.1) is 5.69 Å². The minimum Gasteiger partial charge on any atom is -0.295 e. The largest absolute Gasteiger partial charge is 0.295 e. The van der Waals surface area contributed by atoms with E-state index in [9.17, 15) is 9.59 Å². The van der Waals surface area contributed by atoms with Gasteiger partial charge in [-0.1, -0.05) is 41.6 Å². The highest BCUT2D eigenvalue weighted by Gasteiger charge is 2.17. The van der Waals surface area contributed by atoms with Gasteiger partial charge >= 0.3 is 0 Å². The summed E-state index contributed by atoms with van der Waals surface area (Å²) in [5.74, 6) is 0.232. The van der Waals surface area contributed by atoms with Crippen LogP contribution in [-0.2, 0) is 0 Å². The molecule has 0 saturated carbocycles. The second kappa shape index (κ2) is 7.98. The molecule has 1 amide bonds. The standard InChI is InChI=1S/C16H14ClN5O2S2/c1-3-25-16-20-19-15(26-16)18-14(24)13-12(23)8-9(2)22(21-13)11-6-4-10(17)5-7-11/h4-8H,3H2,1-2H3,(H,18,19,24). The lowest BCUT2D eigenvalue weighted by molar-refractivity contribution is 0.101. The Morgan fingerprint density at radius 3 is 2.73 bits per heavy atom. The van der Waals surface area contributed by atoms with Crippen LogP contribution >= 0.6 is 34.7 Å². The number of hydrogen-bond donors (Lipinski definition) is 1. The molecule has 0 bridgehead atoms.